The van der Waals surface area contributed by atoms with Crippen molar-refractivity contribution in [3.05, 3.63) is 34.8 Å². The fraction of sp³-hybridized carbons (Fsp3) is 0.167. The summed E-state index contributed by atoms with van der Waals surface area (Å²) < 4.78 is 19.9. The molecule has 0 amide bonds. The van der Waals surface area contributed by atoms with Crippen LogP contribution in [0.15, 0.2) is 24.3 Å². The fourth-order valence-electron chi connectivity index (χ4n) is 1.73. The summed E-state index contributed by atoms with van der Waals surface area (Å²) >= 11 is 0.965. The Bertz CT molecular complexity index is 615. The number of rotatable bonds is 2. The van der Waals surface area contributed by atoms with E-state index in [1.165, 1.54) is 7.11 Å². The van der Waals surface area contributed by atoms with Crippen LogP contribution < -0.4 is 15.2 Å². The number of hydrogen-bond donors (Lipinski definition) is 1. The zero-order chi connectivity index (χ0) is 13.4. The van der Waals surface area contributed by atoms with Crippen molar-refractivity contribution in [3.8, 4) is 11.5 Å². The highest BCUT2D eigenvalue weighted by Gasteiger charge is 2.31. The van der Waals surface area contributed by atoms with Crippen molar-refractivity contribution in [1.29, 1.82) is 0 Å². The van der Waals surface area contributed by atoms with Gasteiger partial charge in [0.15, 0.2) is 22.1 Å². The lowest BCUT2D eigenvalue weighted by Gasteiger charge is -2.08. The van der Waals surface area contributed by atoms with Crippen molar-refractivity contribution in [3.63, 3.8) is 0 Å². The Hall–Kier alpha value is -2.28. The lowest BCUT2D eigenvalue weighted by atomic mass is 10.3. The molecule has 2 N–H and O–H groups in total. The topological polar surface area (TPSA) is 83.7 Å². The highest BCUT2D eigenvalue weighted by molar-refractivity contribution is 7.08. The van der Waals surface area contributed by atoms with E-state index in [1.54, 1.807) is 12.1 Å². The average molecular weight is 278 g/mol. The number of nitrogens with zero attached hydrogens (tertiary/aromatic N) is 1. The van der Waals surface area contributed by atoms with Crippen LogP contribution in [0.3, 0.4) is 0 Å². The zero-order valence-corrected chi connectivity index (χ0v) is 10.8. The summed E-state index contributed by atoms with van der Waals surface area (Å²) in [6, 6.07) is 7.27. The molecule has 2 heterocycles. The number of aromatic nitrogens is 1. The molecule has 98 valence electrons. The smallest absolute Gasteiger partial charge is 0.351 e. The lowest BCUT2D eigenvalue weighted by molar-refractivity contribution is 0.0462. The van der Waals surface area contributed by atoms with Crippen LogP contribution in [0.2, 0.25) is 0 Å². The van der Waals surface area contributed by atoms with Crippen molar-refractivity contribution in [2.75, 3.05) is 12.8 Å². The molecular weight excluding hydrogens is 268 g/mol. The number of hydrogen-bond acceptors (Lipinski definition) is 7. The van der Waals surface area contributed by atoms with Crippen LogP contribution in [0, 0.1) is 0 Å². The van der Waals surface area contributed by atoms with E-state index in [9.17, 15) is 4.79 Å². The lowest BCUT2D eigenvalue weighted by Crippen LogP contribution is -2.11. The fourth-order valence-corrected chi connectivity index (χ4v) is 2.47. The summed E-state index contributed by atoms with van der Waals surface area (Å²) in [5.41, 5.74) is 6.50. The molecule has 0 spiro atoms. The molecule has 1 aromatic heterocycles. The third kappa shape index (κ3) is 1.88. The van der Waals surface area contributed by atoms with E-state index in [4.69, 9.17) is 15.2 Å². The van der Waals surface area contributed by atoms with Gasteiger partial charge in [0.1, 0.15) is 0 Å². The van der Waals surface area contributed by atoms with Crippen LogP contribution in [0.4, 0.5) is 5.69 Å². The van der Waals surface area contributed by atoms with Gasteiger partial charge in [-0.15, -0.1) is 0 Å². The summed E-state index contributed by atoms with van der Waals surface area (Å²) in [7, 11) is 1.29. The molecule has 0 radical (unpaired) electrons. The van der Waals surface area contributed by atoms with E-state index in [0.29, 0.717) is 17.2 Å². The van der Waals surface area contributed by atoms with Gasteiger partial charge in [0.25, 0.3) is 6.29 Å². The summed E-state index contributed by atoms with van der Waals surface area (Å²) in [6.45, 7) is 0. The molecule has 0 saturated carbocycles. The first-order chi connectivity index (χ1) is 9.20. The molecule has 6 nitrogen and oxygen atoms in total. The van der Waals surface area contributed by atoms with Crippen LogP contribution in [0.5, 0.6) is 11.5 Å². The van der Waals surface area contributed by atoms with Crippen LogP contribution in [-0.2, 0) is 4.74 Å². The Morgan fingerprint density at radius 2 is 2.00 bits per heavy atom. The van der Waals surface area contributed by atoms with E-state index in [0.717, 1.165) is 11.5 Å². The molecule has 2 aromatic rings. The number of nitrogens with two attached hydrogens (primary N) is 1. The maximum absolute atomic E-state index is 11.5. The Morgan fingerprint density at radius 3 is 2.58 bits per heavy atom. The highest BCUT2D eigenvalue weighted by Crippen LogP contribution is 2.41. The van der Waals surface area contributed by atoms with Gasteiger partial charge in [-0.1, -0.05) is 12.1 Å². The number of anilines is 1. The third-order valence-electron chi connectivity index (χ3n) is 2.67. The quantitative estimate of drug-likeness (QED) is 0.846. The van der Waals surface area contributed by atoms with E-state index >= 15 is 0 Å². The van der Waals surface area contributed by atoms with Gasteiger partial charge < -0.3 is 19.9 Å². The van der Waals surface area contributed by atoms with Crippen molar-refractivity contribution in [1.82, 2.24) is 4.37 Å². The summed E-state index contributed by atoms with van der Waals surface area (Å²) in [6.07, 6.45) is -0.730. The molecular formula is C12H10N2O4S. The average Bonchev–Trinajstić information content (AvgIpc) is 3.00. The van der Waals surface area contributed by atoms with Gasteiger partial charge in [0, 0.05) is 0 Å². The number of fused-ring (bicyclic) bond motifs is 1. The number of ether oxygens (including phenoxy) is 3. The van der Waals surface area contributed by atoms with E-state index in [2.05, 4.69) is 9.11 Å². The van der Waals surface area contributed by atoms with E-state index < -0.39 is 12.3 Å². The molecule has 0 saturated heterocycles. The van der Waals surface area contributed by atoms with Crippen molar-refractivity contribution < 1.29 is 19.0 Å². The SMILES string of the molecule is COC(=O)c1snc(C2Oc3ccccc3O2)c1N. The number of esters is 1. The van der Waals surface area contributed by atoms with Gasteiger partial charge in [0.2, 0.25) is 0 Å². The second kappa shape index (κ2) is 4.43. The molecule has 0 unspecified atom stereocenters. The van der Waals surface area contributed by atoms with Crippen LogP contribution in [0.25, 0.3) is 0 Å². The molecule has 3 rings (SSSR count). The van der Waals surface area contributed by atoms with E-state index in [-0.39, 0.29) is 10.6 Å². The molecule has 1 aliphatic heterocycles. The predicted octanol–water partition coefficient (Wildman–Crippen LogP) is 1.98. The summed E-state index contributed by atoms with van der Waals surface area (Å²) in [5, 5.41) is 0. The van der Waals surface area contributed by atoms with Crippen LogP contribution >= 0.6 is 11.5 Å². The third-order valence-corrected chi connectivity index (χ3v) is 3.52. The highest BCUT2D eigenvalue weighted by atomic mass is 32.1. The molecule has 1 aromatic carbocycles. The first-order valence-electron chi connectivity index (χ1n) is 5.46. The van der Waals surface area contributed by atoms with Gasteiger partial charge in [-0.2, -0.15) is 4.37 Å². The molecule has 19 heavy (non-hydrogen) atoms. The Balaban J connectivity index is 1.90. The monoisotopic (exact) mass is 278 g/mol. The van der Waals surface area contributed by atoms with Gasteiger partial charge in [-0.3, -0.25) is 0 Å². The minimum atomic E-state index is -0.730. The number of carbonyl (C=O) groups excluding carboxylic acids is 1. The number of carbonyl (C=O) groups is 1. The first-order valence-corrected chi connectivity index (χ1v) is 6.23. The minimum Gasteiger partial charge on any atom is -0.465 e. The van der Waals surface area contributed by atoms with Crippen molar-refractivity contribution in [2.24, 2.45) is 0 Å². The first kappa shape index (κ1) is 11.8. The van der Waals surface area contributed by atoms with Gasteiger partial charge >= 0.3 is 5.97 Å². The summed E-state index contributed by atoms with van der Waals surface area (Å²) in [4.78, 5) is 11.7. The van der Waals surface area contributed by atoms with Crippen molar-refractivity contribution >= 4 is 23.2 Å². The maximum Gasteiger partial charge on any atom is 0.351 e. The molecule has 0 fully saturated rings. The number of nitrogen functional groups attached to an aromatic ring is 1. The van der Waals surface area contributed by atoms with Gasteiger partial charge in [-0.25, -0.2) is 4.79 Å². The molecule has 0 bridgehead atoms. The second-order valence-corrected chi connectivity index (χ2v) is 4.59. The van der Waals surface area contributed by atoms with E-state index in [1.807, 2.05) is 12.1 Å². The molecule has 1 aliphatic rings. The van der Waals surface area contributed by atoms with Crippen molar-refractivity contribution in [2.45, 2.75) is 6.29 Å². The van der Waals surface area contributed by atoms with Crippen LogP contribution in [0.1, 0.15) is 21.7 Å². The largest absolute Gasteiger partial charge is 0.465 e. The number of para-hydroxylation sites is 2. The van der Waals surface area contributed by atoms with Crippen LogP contribution in [-0.4, -0.2) is 17.5 Å². The molecule has 0 aliphatic carbocycles. The van der Waals surface area contributed by atoms with Gasteiger partial charge in [-0.05, 0) is 23.7 Å². The standard InChI is InChI=1S/C12H10N2O4S/c1-16-11(15)10-8(13)9(14-19-10)12-17-6-4-2-3-5-7(6)18-12/h2-5,12H,13H2,1H3. The normalized spacial score (nSPS) is 13.5. The molecule has 7 heteroatoms. The number of methoxy groups -OCH3 is 1. The summed E-state index contributed by atoms with van der Waals surface area (Å²) in [5.74, 6) is 0.732. The minimum absolute atomic E-state index is 0.231. The Kier molecular flexibility index (Phi) is 2.75. The zero-order valence-electron chi connectivity index (χ0n) is 9.95. The maximum atomic E-state index is 11.5. The number of benzene rings is 1. The Morgan fingerprint density at radius 1 is 1.37 bits per heavy atom. The predicted molar refractivity (Wildman–Crippen MR) is 68.3 cm³/mol. The second-order valence-electron chi connectivity index (χ2n) is 3.82. The molecule has 0 atom stereocenters. The van der Waals surface area contributed by atoms with Gasteiger partial charge in [0.05, 0.1) is 12.8 Å². The Labute approximate surface area is 112 Å².